The lowest BCUT2D eigenvalue weighted by molar-refractivity contribution is -0.144. The minimum Gasteiger partial charge on any atom is -0.368 e. The van der Waals surface area contributed by atoms with Crippen LogP contribution in [-0.4, -0.2) is 20.7 Å². The maximum Gasteiger partial charge on any atom is 0.453 e. The fourth-order valence-corrected chi connectivity index (χ4v) is 1.31. The Bertz CT molecular complexity index is 617. The first-order valence-corrected chi connectivity index (χ1v) is 4.89. The summed E-state index contributed by atoms with van der Waals surface area (Å²) >= 11 is 0. The van der Waals surface area contributed by atoms with Crippen LogP contribution in [0.3, 0.4) is 0 Å². The van der Waals surface area contributed by atoms with Gasteiger partial charge in [0.25, 0.3) is 11.7 Å². The van der Waals surface area contributed by atoms with Crippen LogP contribution in [0.25, 0.3) is 0 Å². The summed E-state index contributed by atoms with van der Waals surface area (Å²) in [6, 6.07) is 4.19. The predicted molar refractivity (Wildman–Crippen MR) is 55.6 cm³/mol. The van der Waals surface area contributed by atoms with Crippen LogP contribution in [0.5, 0.6) is 0 Å². The van der Waals surface area contributed by atoms with Crippen LogP contribution in [0.2, 0.25) is 0 Å². The van der Waals surface area contributed by atoms with E-state index >= 15 is 0 Å². The number of hydrogen-bond donors (Lipinski definition) is 1. The summed E-state index contributed by atoms with van der Waals surface area (Å²) in [7, 11) is 0. The van der Waals surface area contributed by atoms with E-state index in [-0.39, 0.29) is 5.56 Å². The minimum absolute atomic E-state index is 0.0632. The Labute approximate surface area is 103 Å². The summed E-state index contributed by atoms with van der Waals surface area (Å²) in [5.74, 6) is -3.72. The third-order valence-corrected chi connectivity index (χ3v) is 2.17. The Kier molecular flexibility index (Phi) is 2.97. The number of nitrogen functional groups attached to an aromatic ring is 1. The molecule has 5 nitrogen and oxygen atoms in total. The van der Waals surface area contributed by atoms with Crippen LogP contribution in [0.1, 0.15) is 16.2 Å². The molecular weight excluding hydrogens is 268 g/mol. The highest BCUT2D eigenvalue weighted by Crippen LogP contribution is 2.26. The summed E-state index contributed by atoms with van der Waals surface area (Å²) in [6.45, 7) is 0. The van der Waals surface area contributed by atoms with Crippen molar-refractivity contribution in [3.8, 4) is 0 Å². The lowest BCUT2D eigenvalue weighted by atomic mass is 10.2. The molecule has 0 bridgehead atoms. The number of hydrogen-bond acceptors (Lipinski definition) is 4. The van der Waals surface area contributed by atoms with Crippen molar-refractivity contribution in [1.82, 2.24) is 14.8 Å². The van der Waals surface area contributed by atoms with Crippen molar-refractivity contribution >= 4 is 11.9 Å². The first kappa shape index (κ1) is 13.0. The van der Waals surface area contributed by atoms with Gasteiger partial charge in [-0.3, -0.25) is 4.79 Å². The Morgan fingerprint density at radius 2 is 1.79 bits per heavy atom. The molecule has 100 valence electrons. The molecular formula is C10H6F4N4O. The van der Waals surface area contributed by atoms with Crippen molar-refractivity contribution < 1.29 is 22.4 Å². The van der Waals surface area contributed by atoms with E-state index in [9.17, 15) is 22.4 Å². The molecule has 2 rings (SSSR count). The van der Waals surface area contributed by atoms with Gasteiger partial charge < -0.3 is 5.73 Å². The van der Waals surface area contributed by atoms with Gasteiger partial charge in [0, 0.05) is 5.56 Å². The van der Waals surface area contributed by atoms with Crippen LogP contribution in [0, 0.1) is 5.82 Å². The maximum absolute atomic E-state index is 12.7. The Morgan fingerprint density at radius 3 is 2.26 bits per heavy atom. The van der Waals surface area contributed by atoms with E-state index in [4.69, 9.17) is 5.73 Å². The van der Waals surface area contributed by atoms with E-state index in [1.807, 2.05) is 0 Å². The van der Waals surface area contributed by atoms with Gasteiger partial charge in [0.2, 0.25) is 5.95 Å². The molecule has 0 saturated carbocycles. The van der Waals surface area contributed by atoms with Crippen molar-refractivity contribution in [2.45, 2.75) is 6.18 Å². The molecule has 2 aromatic rings. The van der Waals surface area contributed by atoms with Crippen LogP contribution >= 0.6 is 0 Å². The zero-order valence-electron chi connectivity index (χ0n) is 9.15. The predicted octanol–water partition coefficient (Wildman–Crippen LogP) is 1.71. The van der Waals surface area contributed by atoms with E-state index in [0.717, 1.165) is 24.3 Å². The van der Waals surface area contributed by atoms with Crippen molar-refractivity contribution in [2.75, 3.05) is 5.73 Å². The number of nitrogens with zero attached hydrogens (tertiary/aromatic N) is 3. The summed E-state index contributed by atoms with van der Waals surface area (Å²) in [4.78, 5) is 14.8. The van der Waals surface area contributed by atoms with E-state index in [2.05, 4.69) is 10.1 Å². The fourth-order valence-electron chi connectivity index (χ4n) is 1.31. The maximum atomic E-state index is 12.7. The summed E-state index contributed by atoms with van der Waals surface area (Å²) in [5.41, 5.74) is 5.14. The molecule has 9 heteroatoms. The monoisotopic (exact) mass is 274 g/mol. The van der Waals surface area contributed by atoms with Crippen molar-refractivity contribution in [1.29, 1.82) is 0 Å². The lowest BCUT2D eigenvalue weighted by Crippen LogP contribution is -2.17. The number of anilines is 1. The largest absolute Gasteiger partial charge is 0.453 e. The molecule has 2 N–H and O–H groups in total. The second-order valence-corrected chi connectivity index (χ2v) is 3.52. The number of carbonyl (C=O) groups excluding carboxylic acids is 1. The van der Waals surface area contributed by atoms with Gasteiger partial charge in [0.05, 0.1) is 0 Å². The van der Waals surface area contributed by atoms with Gasteiger partial charge in [-0.2, -0.15) is 22.8 Å². The Morgan fingerprint density at radius 1 is 1.21 bits per heavy atom. The minimum atomic E-state index is -4.80. The molecule has 0 aliphatic carbocycles. The third kappa shape index (κ3) is 2.54. The van der Waals surface area contributed by atoms with Crippen LogP contribution < -0.4 is 5.73 Å². The number of benzene rings is 1. The fraction of sp³-hybridized carbons (Fsp3) is 0.100. The molecule has 0 radical (unpaired) electrons. The highest BCUT2D eigenvalue weighted by Gasteiger charge is 2.37. The van der Waals surface area contributed by atoms with Crippen LogP contribution in [0.15, 0.2) is 24.3 Å². The van der Waals surface area contributed by atoms with E-state index < -0.39 is 29.7 Å². The summed E-state index contributed by atoms with van der Waals surface area (Å²) < 4.78 is 50.0. The number of carbonyl (C=O) groups is 1. The zero-order chi connectivity index (χ0) is 14.2. The number of aromatic nitrogens is 3. The van der Waals surface area contributed by atoms with Crippen molar-refractivity contribution in [3.63, 3.8) is 0 Å². The van der Waals surface area contributed by atoms with Gasteiger partial charge in [0.1, 0.15) is 5.82 Å². The lowest BCUT2D eigenvalue weighted by Gasteiger charge is -2.01. The van der Waals surface area contributed by atoms with Gasteiger partial charge >= 0.3 is 6.18 Å². The molecule has 0 atom stereocenters. The molecule has 0 fully saturated rings. The summed E-state index contributed by atoms with van der Waals surface area (Å²) in [6.07, 6.45) is -4.80. The van der Waals surface area contributed by atoms with Gasteiger partial charge in [-0.05, 0) is 24.3 Å². The standard InChI is InChI=1S/C10H6F4N4O/c11-6-3-1-5(2-4-6)7(19)18-9(15)16-8(17-18)10(12,13)14/h1-4H,(H2,15,16,17). The highest BCUT2D eigenvalue weighted by molar-refractivity contribution is 5.96. The molecule has 0 aliphatic heterocycles. The Hall–Kier alpha value is -2.45. The average Bonchev–Trinajstić information content (AvgIpc) is 2.71. The van der Waals surface area contributed by atoms with E-state index in [0.29, 0.717) is 4.68 Å². The molecule has 0 aliphatic rings. The van der Waals surface area contributed by atoms with Gasteiger partial charge in [-0.25, -0.2) is 4.39 Å². The quantitative estimate of drug-likeness (QED) is 0.803. The third-order valence-electron chi connectivity index (χ3n) is 2.17. The number of alkyl halides is 3. The second-order valence-electron chi connectivity index (χ2n) is 3.52. The van der Waals surface area contributed by atoms with Crippen molar-refractivity contribution in [3.05, 3.63) is 41.5 Å². The smallest absolute Gasteiger partial charge is 0.368 e. The van der Waals surface area contributed by atoms with E-state index in [1.165, 1.54) is 0 Å². The topological polar surface area (TPSA) is 73.8 Å². The van der Waals surface area contributed by atoms with Gasteiger partial charge in [0.15, 0.2) is 0 Å². The van der Waals surface area contributed by atoms with Crippen LogP contribution in [-0.2, 0) is 6.18 Å². The number of halogens is 4. The first-order valence-electron chi connectivity index (χ1n) is 4.89. The van der Waals surface area contributed by atoms with Crippen LogP contribution in [0.4, 0.5) is 23.5 Å². The summed E-state index contributed by atoms with van der Waals surface area (Å²) in [5, 5.41) is 2.99. The number of nitrogens with two attached hydrogens (primary N) is 1. The second kappa shape index (κ2) is 4.34. The first-order chi connectivity index (χ1) is 8.79. The molecule has 0 saturated heterocycles. The van der Waals surface area contributed by atoms with Crippen molar-refractivity contribution in [2.24, 2.45) is 0 Å². The average molecular weight is 274 g/mol. The zero-order valence-corrected chi connectivity index (χ0v) is 9.15. The molecule has 1 aromatic heterocycles. The van der Waals surface area contributed by atoms with Gasteiger partial charge in [-0.1, -0.05) is 0 Å². The highest BCUT2D eigenvalue weighted by atomic mass is 19.4. The molecule has 0 spiro atoms. The molecule has 19 heavy (non-hydrogen) atoms. The van der Waals surface area contributed by atoms with E-state index in [1.54, 1.807) is 0 Å². The molecule has 1 heterocycles. The number of rotatable bonds is 1. The van der Waals surface area contributed by atoms with Gasteiger partial charge in [-0.15, -0.1) is 5.10 Å². The SMILES string of the molecule is Nc1nc(C(F)(F)F)nn1C(=O)c1ccc(F)cc1. The Balaban J connectivity index is 2.39. The molecule has 1 aromatic carbocycles. The normalized spacial score (nSPS) is 11.6. The molecule has 0 unspecified atom stereocenters. The molecule has 0 amide bonds.